The summed E-state index contributed by atoms with van der Waals surface area (Å²) >= 11 is 0. The van der Waals surface area contributed by atoms with Crippen LogP contribution in [-0.2, 0) is 16.9 Å². The molecule has 1 heterocycles. The van der Waals surface area contributed by atoms with Gasteiger partial charge in [-0.1, -0.05) is 37.3 Å². The molecule has 0 radical (unpaired) electrons. The molecule has 0 aliphatic carbocycles. The maximum Gasteiger partial charge on any atom is 0.181 e. The van der Waals surface area contributed by atoms with Gasteiger partial charge in [-0.3, -0.25) is 5.10 Å². The van der Waals surface area contributed by atoms with Crippen LogP contribution >= 0.6 is 0 Å². The third-order valence-corrected chi connectivity index (χ3v) is 4.96. The topological polar surface area (TPSA) is 71.0 Å². The standard InChI is InChI=1S/C21H23F2N3O2/c1-4-28-12-19-24-20(26-25-19)15-7-5-14(6-8-15)13(2)21(3,27)17-10-9-16(22)11-18(17)23/h5-11,13,27H,4,12H2,1-3H3,(H,24,25,26)/t13-,21+/m1/s1. The molecule has 0 spiro atoms. The Hall–Kier alpha value is -2.64. The zero-order valence-electron chi connectivity index (χ0n) is 16.0. The van der Waals surface area contributed by atoms with Crippen molar-refractivity contribution in [2.75, 3.05) is 6.61 Å². The summed E-state index contributed by atoms with van der Waals surface area (Å²) in [7, 11) is 0. The van der Waals surface area contributed by atoms with Crippen LogP contribution in [0.5, 0.6) is 0 Å². The number of nitrogens with zero attached hydrogens (tertiary/aromatic N) is 2. The number of hydrogen-bond donors (Lipinski definition) is 2. The molecule has 7 heteroatoms. The van der Waals surface area contributed by atoms with E-state index in [4.69, 9.17) is 4.74 Å². The lowest BCUT2D eigenvalue weighted by Gasteiger charge is -2.31. The molecule has 3 rings (SSSR count). The number of nitrogens with one attached hydrogen (secondary N) is 1. The number of aromatic nitrogens is 3. The minimum absolute atomic E-state index is 0.0556. The zero-order valence-corrected chi connectivity index (χ0v) is 16.0. The van der Waals surface area contributed by atoms with Gasteiger partial charge in [-0.05, 0) is 25.5 Å². The number of ether oxygens (including phenoxy) is 1. The van der Waals surface area contributed by atoms with Gasteiger partial charge in [0.15, 0.2) is 11.6 Å². The molecule has 0 aliphatic rings. The minimum atomic E-state index is -1.51. The Morgan fingerprint density at radius 3 is 2.54 bits per heavy atom. The Kier molecular flexibility index (Phi) is 5.86. The molecule has 0 aliphatic heterocycles. The highest BCUT2D eigenvalue weighted by Crippen LogP contribution is 2.38. The van der Waals surface area contributed by atoms with E-state index in [1.807, 2.05) is 31.2 Å². The van der Waals surface area contributed by atoms with Crippen LogP contribution in [0.2, 0.25) is 0 Å². The molecular formula is C21H23F2N3O2. The third-order valence-electron chi connectivity index (χ3n) is 4.96. The Balaban J connectivity index is 1.81. The van der Waals surface area contributed by atoms with E-state index in [0.717, 1.165) is 23.3 Å². The molecule has 0 saturated carbocycles. The van der Waals surface area contributed by atoms with Crippen LogP contribution in [0, 0.1) is 11.6 Å². The highest BCUT2D eigenvalue weighted by molar-refractivity contribution is 5.55. The summed E-state index contributed by atoms with van der Waals surface area (Å²) < 4.78 is 32.7. The van der Waals surface area contributed by atoms with Gasteiger partial charge in [0.2, 0.25) is 0 Å². The second-order valence-electron chi connectivity index (χ2n) is 6.86. The smallest absolute Gasteiger partial charge is 0.181 e. The quantitative estimate of drug-likeness (QED) is 0.634. The number of rotatable bonds is 7. The lowest BCUT2D eigenvalue weighted by Crippen LogP contribution is -2.29. The van der Waals surface area contributed by atoms with Crippen LogP contribution in [0.25, 0.3) is 11.4 Å². The van der Waals surface area contributed by atoms with Gasteiger partial charge in [0.1, 0.15) is 18.2 Å². The highest BCUT2D eigenvalue weighted by Gasteiger charge is 2.34. The van der Waals surface area contributed by atoms with Crippen molar-refractivity contribution in [2.24, 2.45) is 0 Å². The molecule has 0 amide bonds. The Bertz CT molecular complexity index is 939. The zero-order chi connectivity index (χ0) is 20.3. The van der Waals surface area contributed by atoms with Gasteiger partial charge < -0.3 is 9.84 Å². The maximum absolute atomic E-state index is 14.2. The van der Waals surface area contributed by atoms with E-state index in [0.29, 0.717) is 24.9 Å². The van der Waals surface area contributed by atoms with Gasteiger partial charge >= 0.3 is 0 Å². The number of benzene rings is 2. The predicted octanol–water partition coefficient (Wildman–Crippen LogP) is 4.30. The summed E-state index contributed by atoms with van der Waals surface area (Å²) in [4.78, 5) is 4.38. The van der Waals surface area contributed by atoms with Gasteiger partial charge in [-0.2, -0.15) is 5.10 Å². The van der Waals surface area contributed by atoms with Crippen molar-refractivity contribution < 1.29 is 18.6 Å². The van der Waals surface area contributed by atoms with Crippen LogP contribution in [0.15, 0.2) is 42.5 Å². The van der Waals surface area contributed by atoms with E-state index >= 15 is 0 Å². The van der Waals surface area contributed by atoms with E-state index in [-0.39, 0.29) is 5.56 Å². The van der Waals surface area contributed by atoms with Gasteiger partial charge in [0.05, 0.1) is 5.60 Å². The first-order valence-electron chi connectivity index (χ1n) is 9.10. The van der Waals surface area contributed by atoms with Crippen molar-refractivity contribution in [3.05, 3.63) is 71.1 Å². The van der Waals surface area contributed by atoms with E-state index in [1.165, 1.54) is 13.0 Å². The normalized spacial score (nSPS) is 14.6. The Labute approximate surface area is 162 Å². The first-order chi connectivity index (χ1) is 13.3. The number of hydrogen-bond acceptors (Lipinski definition) is 4. The lowest BCUT2D eigenvalue weighted by atomic mass is 9.79. The molecule has 1 aromatic heterocycles. The fourth-order valence-corrected chi connectivity index (χ4v) is 3.07. The fraction of sp³-hybridized carbons (Fsp3) is 0.333. The lowest BCUT2D eigenvalue weighted by molar-refractivity contribution is 0.0287. The number of aliphatic hydroxyl groups is 1. The second kappa shape index (κ2) is 8.16. The van der Waals surface area contributed by atoms with Gasteiger partial charge in [-0.25, -0.2) is 13.8 Å². The summed E-state index contributed by atoms with van der Waals surface area (Å²) in [6.45, 7) is 6.19. The molecule has 28 heavy (non-hydrogen) atoms. The van der Waals surface area contributed by atoms with Crippen LogP contribution in [0.1, 0.15) is 43.6 Å². The Morgan fingerprint density at radius 2 is 1.89 bits per heavy atom. The molecule has 0 unspecified atom stereocenters. The molecule has 0 fully saturated rings. The molecule has 2 atom stereocenters. The van der Waals surface area contributed by atoms with Gasteiger partial charge in [0, 0.05) is 29.7 Å². The van der Waals surface area contributed by atoms with Crippen molar-refractivity contribution >= 4 is 0 Å². The van der Waals surface area contributed by atoms with Crippen LogP contribution < -0.4 is 0 Å². The molecule has 148 valence electrons. The van der Waals surface area contributed by atoms with Crippen molar-refractivity contribution in [3.8, 4) is 11.4 Å². The van der Waals surface area contributed by atoms with Crippen LogP contribution in [0.3, 0.4) is 0 Å². The predicted molar refractivity (Wildman–Crippen MR) is 101 cm³/mol. The van der Waals surface area contributed by atoms with E-state index < -0.39 is 23.2 Å². The van der Waals surface area contributed by atoms with Crippen molar-refractivity contribution in [1.29, 1.82) is 0 Å². The molecule has 2 N–H and O–H groups in total. The molecule has 0 saturated heterocycles. The molecule has 2 aromatic carbocycles. The number of H-pyrrole nitrogens is 1. The van der Waals surface area contributed by atoms with Crippen molar-refractivity contribution in [2.45, 2.75) is 38.9 Å². The Morgan fingerprint density at radius 1 is 1.18 bits per heavy atom. The van der Waals surface area contributed by atoms with Gasteiger partial charge in [-0.15, -0.1) is 0 Å². The van der Waals surface area contributed by atoms with Crippen LogP contribution in [-0.4, -0.2) is 26.9 Å². The fourth-order valence-electron chi connectivity index (χ4n) is 3.07. The minimum Gasteiger partial charge on any atom is -0.385 e. The summed E-state index contributed by atoms with van der Waals surface area (Å²) in [5.41, 5.74) is 0.166. The summed E-state index contributed by atoms with van der Waals surface area (Å²) in [5, 5.41) is 18.0. The second-order valence-corrected chi connectivity index (χ2v) is 6.86. The number of aromatic amines is 1. The van der Waals surface area contributed by atoms with E-state index in [2.05, 4.69) is 15.2 Å². The highest BCUT2D eigenvalue weighted by atomic mass is 19.1. The van der Waals surface area contributed by atoms with Crippen molar-refractivity contribution in [3.63, 3.8) is 0 Å². The van der Waals surface area contributed by atoms with Crippen LogP contribution in [0.4, 0.5) is 8.78 Å². The molecule has 3 aromatic rings. The van der Waals surface area contributed by atoms with Gasteiger partial charge in [0.25, 0.3) is 0 Å². The summed E-state index contributed by atoms with van der Waals surface area (Å²) in [5.74, 6) is -0.684. The SMILES string of the molecule is CCOCc1nc(-c2ccc([C@@H](C)[C@](C)(O)c3ccc(F)cc3F)cc2)n[nH]1. The third kappa shape index (κ3) is 4.10. The molecule has 0 bridgehead atoms. The average molecular weight is 387 g/mol. The molecular weight excluding hydrogens is 364 g/mol. The summed E-state index contributed by atoms with van der Waals surface area (Å²) in [6, 6.07) is 10.6. The average Bonchev–Trinajstić information content (AvgIpc) is 3.14. The summed E-state index contributed by atoms with van der Waals surface area (Å²) in [6.07, 6.45) is 0. The maximum atomic E-state index is 14.2. The first kappa shape index (κ1) is 20.1. The first-order valence-corrected chi connectivity index (χ1v) is 9.10. The molecule has 5 nitrogen and oxygen atoms in total. The van der Waals surface area contributed by atoms with Crippen molar-refractivity contribution in [1.82, 2.24) is 15.2 Å². The van der Waals surface area contributed by atoms with E-state index in [1.54, 1.807) is 6.92 Å². The van der Waals surface area contributed by atoms with E-state index in [9.17, 15) is 13.9 Å². The monoisotopic (exact) mass is 387 g/mol. The largest absolute Gasteiger partial charge is 0.385 e. The number of halogens is 2.